The lowest BCUT2D eigenvalue weighted by molar-refractivity contribution is -0.132. The van der Waals surface area contributed by atoms with Crippen LogP contribution >= 0.6 is 27.3 Å². The van der Waals surface area contributed by atoms with Gasteiger partial charge < -0.3 is 20.8 Å². The minimum absolute atomic E-state index is 0.107. The summed E-state index contributed by atoms with van der Waals surface area (Å²) >= 11 is 4.61. The highest BCUT2D eigenvalue weighted by molar-refractivity contribution is 9.10. The number of carboxylic acids is 1. The Hall–Kier alpha value is -3.50. The van der Waals surface area contributed by atoms with Crippen LogP contribution in [-0.4, -0.2) is 33.0 Å². The van der Waals surface area contributed by atoms with E-state index in [1.165, 1.54) is 41.7 Å². The molecule has 170 valence electrons. The zero-order valence-electron chi connectivity index (χ0n) is 17.7. The molecule has 0 saturated heterocycles. The van der Waals surface area contributed by atoms with Gasteiger partial charge in [0.15, 0.2) is 0 Å². The van der Waals surface area contributed by atoms with Gasteiger partial charge in [0.05, 0.1) is 21.1 Å². The Balaban J connectivity index is 1.72. The Morgan fingerprint density at radius 1 is 1.12 bits per heavy atom. The number of carbonyl (C=O) groups excluding carboxylic acids is 2. The molecular weight excluding hydrogens is 510 g/mol. The largest absolute Gasteiger partial charge is 0.508 e. The first-order valence-electron chi connectivity index (χ1n) is 9.70. The maximum absolute atomic E-state index is 12.7. The standard InChI is InChI=1S/C23H20BrN3O5S/c1-12-20(33-13(2)26-12)10-19(23(31)32)27-22(30)17-7-6-15(9-18(17)24)21(29)25-11-14-4-3-5-16(28)8-14/h3-10,28H,11H2,1-2H3,(H,25,29)(H,27,30)(H,31,32)/b19-10+. The molecule has 10 heteroatoms. The van der Waals surface area contributed by atoms with Crippen molar-refractivity contribution in [2.45, 2.75) is 20.4 Å². The lowest BCUT2D eigenvalue weighted by Crippen LogP contribution is -2.28. The molecule has 0 saturated carbocycles. The lowest BCUT2D eigenvalue weighted by Gasteiger charge is -2.10. The predicted molar refractivity (Wildman–Crippen MR) is 128 cm³/mol. The predicted octanol–water partition coefficient (Wildman–Crippen LogP) is 4.01. The molecule has 3 aromatic rings. The van der Waals surface area contributed by atoms with Gasteiger partial charge in [-0.25, -0.2) is 9.78 Å². The minimum atomic E-state index is -1.28. The van der Waals surface area contributed by atoms with Crippen molar-refractivity contribution in [1.29, 1.82) is 0 Å². The second-order valence-corrected chi connectivity index (χ2v) is 9.14. The maximum atomic E-state index is 12.7. The highest BCUT2D eigenvalue weighted by atomic mass is 79.9. The van der Waals surface area contributed by atoms with Crippen LogP contribution in [-0.2, 0) is 11.3 Å². The van der Waals surface area contributed by atoms with Crippen LogP contribution in [0.2, 0.25) is 0 Å². The molecule has 1 heterocycles. The van der Waals surface area contributed by atoms with Crippen molar-refractivity contribution in [2.75, 3.05) is 0 Å². The van der Waals surface area contributed by atoms with Crippen LogP contribution in [0.4, 0.5) is 0 Å². The molecule has 0 unspecified atom stereocenters. The van der Waals surface area contributed by atoms with Crippen molar-refractivity contribution in [1.82, 2.24) is 15.6 Å². The summed E-state index contributed by atoms with van der Waals surface area (Å²) in [5.41, 5.74) is 1.60. The van der Waals surface area contributed by atoms with E-state index in [4.69, 9.17) is 0 Å². The first-order valence-corrected chi connectivity index (χ1v) is 11.3. The first-order chi connectivity index (χ1) is 15.6. The van der Waals surface area contributed by atoms with Gasteiger partial charge in [-0.1, -0.05) is 12.1 Å². The Bertz CT molecular complexity index is 1270. The lowest BCUT2D eigenvalue weighted by atomic mass is 10.1. The number of nitrogens with zero attached hydrogens (tertiary/aromatic N) is 1. The number of benzene rings is 2. The van der Waals surface area contributed by atoms with Gasteiger partial charge in [0.25, 0.3) is 11.8 Å². The quantitative estimate of drug-likeness (QED) is 0.342. The fraction of sp³-hybridized carbons (Fsp3) is 0.130. The van der Waals surface area contributed by atoms with Gasteiger partial charge in [-0.3, -0.25) is 9.59 Å². The molecule has 1 aromatic heterocycles. The number of phenolic OH excluding ortho intramolecular Hbond substituents is 1. The van der Waals surface area contributed by atoms with Gasteiger partial charge >= 0.3 is 5.97 Å². The van der Waals surface area contributed by atoms with E-state index in [-0.39, 0.29) is 29.5 Å². The summed E-state index contributed by atoms with van der Waals surface area (Å²) in [5, 5.41) is 24.9. The molecule has 0 spiro atoms. The molecule has 8 nitrogen and oxygen atoms in total. The first kappa shape index (κ1) is 24.1. The van der Waals surface area contributed by atoms with Crippen molar-refractivity contribution < 1.29 is 24.6 Å². The third-order valence-electron chi connectivity index (χ3n) is 4.53. The second kappa shape index (κ2) is 10.4. The molecule has 0 radical (unpaired) electrons. The highest BCUT2D eigenvalue weighted by Crippen LogP contribution is 2.22. The number of carbonyl (C=O) groups is 3. The second-order valence-electron chi connectivity index (χ2n) is 7.05. The molecule has 3 rings (SSSR count). The van der Waals surface area contributed by atoms with E-state index in [9.17, 15) is 24.6 Å². The number of aliphatic carboxylic acids is 1. The normalized spacial score (nSPS) is 11.2. The summed E-state index contributed by atoms with van der Waals surface area (Å²) in [4.78, 5) is 41.7. The smallest absolute Gasteiger partial charge is 0.352 e. The van der Waals surface area contributed by atoms with E-state index in [0.29, 0.717) is 20.6 Å². The molecule has 0 aliphatic rings. The van der Waals surface area contributed by atoms with E-state index < -0.39 is 11.9 Å². The summed E-state index contributed by atoms with van der Waals surface area (Å²) in [7, 11) is 0. The van der Waals surface area contributed by atoms with E-state index in [2.05, 4.69) is 31.5 Å². The van der Waals surface area contributed by atoms with Gasteiger partial charge in [0, 0.05) is 16.6 Å². The zero-order chi connectivity index (χ0) is 24.1. The fourth-order valence-corrected chi connectivity index (χ4v) is 4.37. The topological polar surface area (TPSA) is 129 Å². The Morgan fingerprint density at radius 3 is 2.48 bits per heavy atom. The van der Waals surface area contributed by atoms with E-state index in [1.807, 2.05) is 6.92 Å². The molecule has 0 aliphatic carbocycles. The number of carboxylic acid groups (broad SMARTS) is 1. The zero-order valence-corrected chi connectivity index (χ0v) is 20.1. The molecule has 0 fully saturated rings. The van der Waals surface area contributed by atoms with E-state index in [1.54, 1.807) is 25.1 Å². The van der Waals surface area contributed by atoms with Crippen LogP contribution in [0.15, 0.2) is 52.6 Å². The molecule has 0 aliphatic heterocycles. The molecule has 2 amide bonds. The van der Waals surface area contributed by atoms with Gasteiger partial charge in [-0.2, -0.15) is 0 Å². The van der Waals surface area contributed by atoms with Crippen LogP contribution in [0, 0.1) is 13.8 Å². The average molecular weight is 530 g/mol. The van der Waals surface area contributed by atoms with Crippen LogP contribution in [0.1, 0.15) is 41.9 Å². The van der Waals surface area contributed by atoms with Crippen molar-refractivity contribution in [2.24, 2.45) is 0 Å². The number of aromatic hydroxyl groups is 1. The fourth-order valence-electron chi connectivity index (χ4n) is 2.94. The summed E-state index contributed by atoms with van der Waals surface area (Å²) < 4.78 is 0.333. The third kappa shape index (κ3) is 6.27. The molecule has 0 bridgehead atoms. The Labute approximate surface area is 202 Å². The van der Waals surface area contributed by atoms with Gasteiger partial charge in [0.2, 0.25) is 0 Å². The maximum Gasteiger partial charge on any atom is 0.352 e. The number of nitrogens with one attached hydrogen (secondary N) is 2. The number of amides is 2. The van der Waals surface area contributed by atoms with E-state index >= 15 is 0 Å². The highest BCUT2D eigenvalue weighted by Gasteiger charge is 2.18. The van der Waals surface area contributed by atoms with Crippen LogP contribution < -0.4 is 10.6 Å². The SMILES string of the molecule is Cc1nc(C)c(/C=C(/NC(=O)c2ccc(C(=O)NCc3cccc(O)c3)cc2Br)C(=O)O)s1. The van der Waals surface area contributed by atoms with Gasteiger partial charge in [-0.05, 0) is 71.7 Å². The Kier molecular flexibility index (Phi) is 7.62. The third-order valence-corrected chi connectivity index (χ3v) is 6.21. The van der Waals surface area contributed by atoms with Crippen molar-refractivity contribution in [3.8, 4) is 5.75 Å². The number of halogens is 1. The molecule has 0 atom stereocenters. The molecule has 4 N–H and O–H groups in total. The average Bonchev–Trinajstić information content (AvgIpc) is 3.07. The number of phenols is 1. The minimum Gasteiger partial charge on any atom is -0.508 e. The molecular formula is C23H20BrN3O5S. The van der Waals surface area contributed by atoms with Crippen molar-refractivity contribution >= 4 is 51.1 Å². The number of hydrogen-bond donors (Lipinski definition) is 4. The van der Waals surface area contributed by atoms with Crippen molar-refractivity contribution in [3.05, 3.63) is 84.9 Å². The molecule has 33 heavy (non-hydrogen) atoms. The summed E-state index contributed by atoms with van der Waals surface area (Å²) in [5.74, 6) is -2.18. The van der Waals surface area contributed by atoms with Crippen molar-refractivity contribution in [3.63, 3.8) is 0 Å². The van der Waals surface area contributed by atoms with Crippen LogP contribution in [0.5, 0.6) is 5.75 Å². The number of aromatic nitrogens is 1. The summed E-state index contributed by atoms with van der Waals surface area (Å²) in [6, 6.07) is 10.9. The van der Waals surface area contributed by atoms with Gasteiger partial charge in [0.1, 0.15) is 11.4 Å². The monoisotopic (exact) mass is 529 g/mol. The summed E-state index contributed by atoms with van der Waals surface area (Å²) in [6.07, 6.45) is 1.37. The summed E-state index contributed by atoms with van der Waals surface area (Å²) in [6.45, 7) is 3.79. The molecule has 2 aromatic carbocycles. The van der Waals surface area contributed by atoms with Crippen LogP contribution in [0.3, 0.4) is 0 Å². The van der Waals surface area contributed by atoms with Gasteiger partial charge in [-0.15, -0.1) is 11.3 Å². The Morgan fingerprint density at radius 2 is 1.88 bits per heavy atom. The number of aryl methyl sites for hydroxylation is 2. The van der Waals surface area contributed by atoms with E-state index in [0.717, 1.165) is 10.6 Å². The number of rotatable bonds is 7. The number of hydrogen-bond acceptors (Lipinski definition) is 6. The number of thiazole rings is 1. The van der Waals surface area contributed by atoms with Crippen LogP contribution in [0.25, 0.3) is 6.08 Å².